The van der Waals surface area contributed by atoms with Gasteiger partial charge in [0.2, 0.25) is 0 Å². The first kappa shape index (κ1) is 13.3. The smallest absolute Gasteiger partial charge is 0.309 e. The monoisotopic (exact) mass is 237 g/mol. The molecule has 0 aromatic carbocycles. The molecular formula is C7H12Cl2F3N. The van der Waals surface area contributed by atoms with Crippen LogP contribution < -0.4 is 5.32 Å². The Morgan fingerprint density at radius 3 is 1.92 bits per heavy atom. The fourth-order valence-electron chi connectivity index (χ4n) is 0.636. The predicted molar refractivity (Wildman–Crippen MR) is 48.5 cm³/mol. The zero-order valence-corrected chi connectivity index (χ0v) is 8.73. The second-order valence-corrected chi connectivity index (χ2v) is 3.65. The molecule has 0 aliphatic rings. The van der Waals surface area contributed by atoms with Crippen LogP contribution in [0.5, 0.6) is 0 Å². The first-order valence-electron chi connectivity index (χ1n) is 3.77. The third kappa shape index (κ3) is 6.41. The van der Waals surface area contributed by atoms with E-state index in [0.29, 0.717) is 0 Å². The van der Waals surface area contributed by atoms with Crippen molar-refractivity contribution in [2.45, 2.75) is 25.1 Å². The maximum Gasteiger partial charge on any atom is 0.390 e. The molecule has 6 heteroatoms. The number of nitrogens with one attached hydrogen (secondary N) is 1. The lowest BCUT2D eigenvalue weighted by molar-refractivity contribution is -0.133. The molecule has 80 valence electrons. The molecule has 0 aliphatic carbocycles. The van der Waals surface area contributed by atoms with Crippen LogP contribution in [0.4, 0.5) is 13.2 Å². The molecule has 0 bridgehead atoms. The molecule has 0 fully saturated rings. The molecule has 0 unspecified atom stereocenters. The van der Waals surface area contributed by atoms with Crippen molar-refractivity contribution in [1.82, 2.24) is 5.32 Å². The minimum atomic E-state index is -4.13. The Hall–Kier alpha value is 0.330. The van der Waals surface area contributed by atoms with Crippen molar-refractivity contribution in [1.29, 1.82) is 0 Å². The van der Waals surface area contributed by atoms with Gasteiger partial charge in [-0.2, -0.15) is 13.2 Å². The zero-order chi connectivity index (χ0) is 10.5. The van der Waals surface area contributed by atoms with Gasteiger partial charge >= 0.3 is 6.18 Å². The van der Waals surface area contributed by atoms with Gasteiger partial charge in [-0.25, -0.2) is 0 Å². The lowest BCUT2D eigenvalue weighted by atomic mass is 10.1. The Morgan fingerprint density at radius 2 is 1.62 bits per heavy atom. The summed E-state index contributed by atoms with van der Waals surface area (Å²) >= 11 is 11.1. The highest BCUT2D eigenvalue weighted by molar-refractivity contribution is 6.22. The molecule has 0 saturated heterocycles. The van der Waals surface area contributed by atoms with E-state index in [1.165, 1.54) is 0 Å². The van der Waals surface area contributed by atoms with Gasteiger partial charge < -0.3 is 5.32 Å². The summed E-state index contributed by atoms with van der Waals surface area (Å²) in [5.41, 5.74) is -0.617. The summed E-state index contributed by atoms with van der Waals surface area (Å²) in [6, 6.07) is 0. The molecule has 0 heterocycles. The van der Waals surface area contributed by atoms with Crippen LogP contribution in [-0.2, 0) is 0 Å². The molecule has 0 amide bonds. The van der Waals surface area contributed by atoms with Gasteiger partial charge in [0.1, 0.15) is 0 Å². The van der Waals surface area contributed by atoms with Crippen molar-refractivity contribution in [2.24, 2.45) is 0 Å². The van der Waals surface area contributed by atoms with Gasteiger partial charge in [-0.3, -0.25) is 0 Å². The molecule has 0 aromatic heterocycles. The van der Waals surface area contributed by atoms with E-state index < -0.39 is 18.1 Å². The standard InChI is InChI=1S/C7H12Cl2F3N/c1-6(4-8,5-9)13-3-2-7(10,11)12/h13H,2-5H2,1H3. The van der Waals surface area contributed by atoms with Crippen LogP contribution in [0.3, 0.4) is 0 Å². The molecule has 0 atom stereocenters. The van der Waals surface area contributed by atoms with Gasteiger partial charge in [0.15, 0.2) is 0 Å². The van der Waals surface area contributed by atoms with Crippen molar-refractivity contribution < 1.29 is 13.2 Å². The van der Waals surface area contributed by atoms with Gasteiger partial charge in [-0.1, -0.05) is 0 Å². The maximum absolute atomic E-state index is 11.7. The molecule has 0 aliphatic heterocycles. The van der Waals surface area contributed by atoms with E-state index in [4.69, 9.17) is 23.2 Å². The highest BCUT2D eigenvalue weighted by Gasteiger charge is 2.28. The Balaban J connectivity index is 3.74. The van der Waals surface area contributed by atoms with Crippen LogP contribution >= 0.6 is 23.2 Å². The van der Waals surface area contributed by atoms with Gasteiger partial charge in [0.05, 0.1) is 6.42 Å². The summed E-state index contributed by atoms with van der Waals surface area (Å²) in [6.45, 7) is 1.53. The summed E-state index contributed by atoms with van der Waals surface area (Å²) in [5.74, 6) is 0.378. The first-order chi connectivity index (χ1) is 5.83. The fourth-order valence-corrected chi connectivity index (χ4v) is 1.11. The zero-order valence-electron chi connectivity index (χ0n) is 7.22. The molecule has 0 aromatic rings. The second kappa shape index (κ2) is 5.27. The first-order valence-corrected chi connectivity index (χ1v) is 4.83. The molecule has 1 N–H and O–H groups in total. The number of hydrogen-bond acceptors (Lipinski definition) is 1. The second-order valence-electron chi connectivity index (χ2n) is 3.12. The molecular weight excluding hydrogens is 226 g/mol. The minimum absolute atomic E-state index is 0.153. The Kier molecular flexibility index (Phi) is 5.40. The molecule has 0 radical (unpaired) electrons. The summed E-state index contributed by atoms with van der Waals surface area (Å²) in [4.78, 5) is 0. The highest BCUT2D eigenvalue weighted by atomic mass is 35.5. The average Bonchev–Trinajstić information content (AvgIpc) is 2.02. The van der Waals surface area contributed by atoms with Crippen molar-refractivity contribution in [3.8, 4) is 0 Å². The SMILES string of the molecule is CC(CCl)(CCl)NCCC(F)(F)F. The van der Waals surface area contributed by atoms with E-state index in [1.54, 1.807) is 6.92 Å². The van der Waals surface area contributed by atoms with Crippen LogP contribution in [0.25, 0.3) is 0 Å². The summed E-state index contributed by atoms with van der Waals surface area (Å²) < 4.78 is 35.2. The fraction of sp³-hybridized carbons (Fsp3) is 1.00. The van der Waals surface area contributed by atoms with E-state index in [0.717, 1.165) is 0 Å². The van der Waals surface area contributed by atoms with Crippen molar-refractivity contribution in [3.05, 3.63) is 0 Å². The Morgan fingerprint density at radius 1 is 1.15 bits per heavy atom. The normalized spacial score (nSPS) is 13.4. The Labute approximate surface area is 85.6 Å². The molecule has 0 rings (SSSR count). The minimum Gasteiger partial charge on any atom is -0.309 e. The predicted octanol–water partition coefficient (Wildman–Crippen LogP) is 2.76. The Bertz CT molecular complexity index is 145. The van der Waals surface area contributed by atoms with E-state index in [2.05, 4.69) is 5.32 Å². The van der Waals surface area contributed by atoms with Crippen LogP contribution in [0.15, 0.2) is 0 Å². The van der Waals surface area contributed by atoms with Crippen LogP contribution in [0.1, 0.15) is 13.3 Å². The molecule has 0 saturated carbocycles. The van der Waals surface area contributed by atoms with Crippen molar-refractivity contribution >= 4 is 23.2 Å². The van der Waals surface area contributed by atoms with Gasteiger partial charge in [0.25, 0.3) is 0 Å². The summed E-state index contributed by atoms with van der Waals surface area (Å²) in [6.07, 6.45) is -5.00. The van der Waals surface area contributed by atoms with E-state index >= 15 is 0 Å². The average molecular weight is 238 g/mol. The lowest BCUT2D eigenvalue weighted by Gasteiger charge is -2.26. The third-order valence-electron chi connectivity index (χ3n) is 1.55. The maximum atomic E-state index is 11.7. The molecule has 1 nitrogen and oxygen atoms in total. The number of hydrogen-bond donors (Lipinski definition) is 1. The van der Waals surface area contributed by atoms with E-state index in [1.807, 2.05) is 0 Å². The van der Waals surface area contributed by atoms with Crippen LogP contribution in [0.2, 0.25) is 0 Å². The van der Waals surface area contributed by atoms with Gasteiger partial charge in [-0.15, -0.1) is 23.2 Å². The quantitative estimate of drug-likeness (QED) is 0.726. The number of alkyl halides is 5. The highest BCUT2D eigenvalue weighted by Crippen LogP contribution is 2.19. The van der Waals surface area contributed by atoms with Crippen LogP contribution in [-0.4, -0.2) is 30.0 Å². The van der Waals surface area contributed by atoms with Crippen molar-refractivity contribution in [3.63, 3.8) is 0 Å². The van der Waals surface area contributed by atoms with E-state index in [-0.39, 0.29) is 18.3 Å². The van der Waals surface area contributed by atoms with E-state index in [9.17, 15) is 13.2 Å². The summed E-state index contributed by atoms with van der Waals surface area (Å²) in [7, 11) is 0. The molecule has 0 spiro atoms. The number of rotatable bonds is 5. The molecule has 13 heavy (non-hydrogen) atoms. The van der Waals surface area contributed by atoms with Gasteiger partial charge in [0, 0.05) is 23.8 Å². The summed E-state index contributed by atoms with van der Waals surface area (Å²) in [5, 5.41) is 2.67. The third-order valence-corrected chi connectivity index (χ3v) is 2.73. The van der Waals surface area contributed by atoms with Gasteiger partial charge in [-0.05, 0) is 6.92 Å². The largest absolute Gasteiger partial charge is 0.390 e. The van der Waals surface area contributed by atoms with Crippen LogP contribution in [0, 0.1) is 0 Å². The lowest BCUT2D eigenvalue weighted by Crippen LogP contribution is -2.47. The number of halogens is 5. The topological polar surface area (TPSA) is 12.0 Å². The van der Waals surface area contributed by atoms with Crippen molar-refractivity contribution in [2.75, 3.05) is 18.3 Å².